The van der Waals surface area contributed by atoms with Crippen LogP contribution in [0.1, 0.15) is 39.0 Å². The molecule has 1 atom stereocenters. The van der Waals surface area contributed by atoms with E-state index in [-0.39, 0.29) is 0 Å². The fraction of sp³-hybridized carbons (Fsp3) is 0.571. The average Bonchev–Trinajstić information content (AvgIpc) is 2.56. The van der Waals surface area contributed by atoms with Crippen LogP contribution >= 0.6 is 0 Å². The highest BCUT2D eigenvalue weighted by Crippen LogP contribution is 2.38. The first-order valence-corrected chi connectivity index (χ1v) is 7.81. The largest absolute Gasteiger partial charge is 0.497 e. The molecule has 0 radical (unpaired) electrons. The molecule has 1 unspecified atom stereocenters. The van der Waals surface area contributed by atoms with Crippen molar-refractivity contribution < 1.29 is 19.9 Å². The fourth-order valence-electron chi connectivity index (χ4n) is 2.49. The Morgan fingerprint density at radius 1 is 1.08 bits per heavy atom. The molecule has 1 saturated heterocycles. The summed E-state index contributed by atoms with van der Waals surface area (Å²) in [5.74, 6) is -1.21. The number of piperidine rings is 1. The number of non-ortho nitro benzene ring substituents is 1. The molecule has 2 N–H and O–H groups in total. The maximum Gasteiger partial charge on any atom is 0.324 e. The van der Waals surface area contributed by atoms with Crippen molar-refractivity contribution in [1.29, 1.82) is 0 Å². The zero-order valence-electron chi connectivity index (χ0n) is 13.7. The molecule has 0 saturated carbocycles. The third kappa shape index (κ3) is 5.95. The molecule has 1 aromatic rings. The SMILES string of the molecule is CCCC1CCCCN1.O=[N+]([O-])c1cc([N+](=O)[O-])c(O)c([N+](=O)[O-])c1. The average molecular weight is 356 g/mol. The normalized spacial score (nSPS) is 16.4. The molecule has 1 aromatic carbocycles. The Bertz CT molecular complexity index is 606. The van der Waals surface area contributed by atoms with E-state index in [9.17, 15) is 30.3 Å². The Morgan fingerprint density at radius 2 is 1.64 bits per heavy atom. The van der Waals surface area contributed by atoms with Crippen molar-refractivity contribution in [2.75, 3.05) is 6.54 Å². The number of rotatable bonds is 5. The Morgan fingerprint density at radius 3 is 2.00 bits per heavy atom. The summed E-state index contributed by atoms with van der Waals surface area (Å²) in [6, 6.07) is 1.74. The van der Waals surface area contributed by atoms with Gasteiger partial charge in [0.1, 0.15) is 0 Å². The molecule has 11 nitrogen and oxygen atoms in total. The van der Waals surface area contributed by atoms with Crippen LogP contribution in [-0.4, -0.2) is 32.5 Å². The molecule has 0 amide bonds. The molecule has 2 rings (SSSR count). The Labute approximate surface area is 143 Å². The van der Waals surface area contributed by atoms with Crippen molar-refractivity contribution in [3.63, 3.8) is 0 Å². The minimum atomic E-state index is -1.21. The lowest BCUT2D eigenvalue weighted by molar-refractivity contribution is -0.404. The van der Waals surface area contributed by atoms with Crippen molar-refractivity contribution in [2.24, 2.45) is 0 Å². The van der Waals surface area contributed by atoms with E-state index in [0.717, 1.165) is 6.04 Å². The lowest BCUT2D eigenvalue weighted by Gasteiger charge is -2.22. The smallest absolute Gasteiger partial charge is 0.324 e. The highest BCUT2D eigenvalue weighted by molar-refractivity contribution is 5.64. The van der Waals surface area contributed by atoms with Gasteiger partial charge in [-0.3, -0.25) is 30.3 Å². The Balaban J connectivity index is 0.000000293. The van der Waals surface area contributed by atoms with Gasteiger partial charge in [-0.15, -0.1) is 0 Å². The van der Waals surface area contributed by atoms with Crippen LogP contribution in [0.4, 0.5) is 17.1 Å². The van der Waals surface area contributed by atoms with Gasteiger partial charge in [0.2, 0.25) is 0 Å². The van der Waals surface area contributed by atoms with E-state index in [2.05, 4.69) is 12.2 Å². The summed E-state index contributed by atoms with van der Waals surface area (Å²) in [5.41, 5.74) is -3.00. The molecule has 0 aliphatic carbocycles. The topological polar surface area (TPSA) is 162 Å². The third-order valence-corrected chi connectivity index (χ3v) is 3.71. The first-order chi connectivity index (χ1) is 11.8. The highest BCUT2D eigenvalue weighted by atomic mass is 16.6. The number of nitrogens with one attached hydrogen (secondary N) is 1. The molecule has 1 aliphatic rings. The van der Waals surface area contributed by atoms with Crippen LogP contribution in [0.15, 0.2) is 12.1 Å². The van der Waals surface area contributed by atoms with Crippen molar-refractivity contribution in [3.8, 4) is 5.75 Å². The quantitative estimate of drug-likeness (QED) is 0.600. The first kappa shape index (κ1) is 20.2. The number of phenolic OH excluding ortho intramolecular Hbond substituents is 1. The second-order valence-corrected chi connectivity index (χ2v) is 5.54. The molecule has 1 aliphatic heterocycles. The van der Waals surface area contributed by atoms with Crippen molar-refractivity contribution in [1.82, 2.24) is 5.32 Å². The molecule has 25 heavy (non-hydrogen) atoms. The molecular weight excluding hydrogens is 336 g/mol. The van der Waals surface area contributed by atoms with Crippen molar-refractivity contribution in [2.45, 2.75) is 45.1 Å². The van der Waals surface area contributed by atoms with Gasteiger partial charge in [0.05, 0.1) is 26.9 Å². The van der Waals surface area contributed by atoms with Crippen LogP contribution in [0, 0.1) is 30.3 Å². The van der Waals surface area contributed by atoms with Crippen LogP contribution in [0.5, 0.6) is 5.75 Å². The lowest BCUT2D eigenvalue weighted by Crippen LogP contribution is -2.33. The summed E-state index contributed by atoms with van der Waals surface area (Å²) in [4.78, 5) is 27.8. The summed E-state index contributed by atoms with van der Waals surface area (Å²) in [6.07, 6.45) is 6.95. The van der Waals surface area contributed by atoms with Gasteiger partial charge in [-0.1, -0.05) is 19.8 Å². The number of phenols is 1. The standard InChI is InChI=1S/C8H17N.C6H3N3O7/c1-2-5-8-6-3-4-7-9-8;10-6-4(8(13)14)1-3(7(11)12)2-5(6)9(15)16/h8-9H,2-7H2,1H3;1-2,10H. The Hall–Kier alpha value is -2.82. The van der Waals surface area contributed by atoms with Gasteiger partial charge in [0, 0.05) is 6.04 Å². The van der Waals surface area contributed by atoms with Gasteiger partial charge in [0.25, 0.3) is 11.4 Å². The fourth-order valence-corrected chi connectivity index (χ4v) is 2.49. The third-order valence-electron chi connectivity index (χ3n) is 3.71. The van der Waals surface area contributed by atoms with E-state index in [1.165, 1.54) is 38.6 Å². The first-order valence-electron chi connectivity index (χ1n) is 7.81. The van der Waals surface area contributed by atoms with E-state index in [1.807, 2.05) is 0 Å². The number of nitro benzene ring substituents is 3. The molecule has 1 fully saturated rings. The molecular formula is C14H20N4O7. The van der Waals surface area contributed by atoms with Crippen LogP contribution < -0.4 is 5.32 Å². The monoisotopic (exact) mass is 356 g/mol. The van der Waals surface area contributed by atoms with E-state index in [0.29, 0.717) is 12.1 Å². The number of hydrogen-bond donors (Lipinski definition) is 2. The predicted octanol–water partition coefficient (Wildman–Crippen LogP) is 3.05. The van der Waals surface area contributed by atoms with Gasteiger partial charge < -0.3 is 10.4 Å². The van der Waals surface area contributed by atoms with Crippen LogP contribution in [0.2, 0.25) is 0 Å². The number of hydrogen-bond acceptors (Lipinski definition) is 8. The maximum atomic E-state index is 10.4. The van der Waals surface area contributed by atoms with Gasteiger partial charge in [-0.2, -0.15) is 0 Å². The second-order valence-electron chi connectivity index (χ2n) is 5.54. The van der Waals surface area contributed by atoms with E-state index >= 15 is 0 Å². The molecule has 0 bridgehead atoms. The summed E-state index contributed by atoms with van der Waals surface area (Å²) in [7, 11) is 0. The van der Waals surface area contributed by atoms with Gasteiger partial charge in [-0.05, 0) is 25.8 Å². The predicted molar refractivity (Wildman–Crippen MR) is 88.6 cm³/mol. The summed E-state index contributed by atoms with van der Waals surface area (Å²) in [5, 5.41) is 43.7. The molecule has 0 aromatic heterocycles. The van der Waals surface area contributed by atoms with Gasteiger partial charge >= 0.3 is 11.4 Å². The van der Waals surface area contributed by atoms with E-state index in [4.69, 9.17) is 5.11 Å². The van der Waals surface area contributed by atoms with Crippen molar-refractivity contribution in [3.05, 3.63) is 42.5 Å². The Kier molecular flexibility index (Phi) is 7.66. The zero-order valence-corrected chi connectivity index (χ0v) is 13.7. The molecule has 138 valence electrons. The van der Waals surface area contributed by atoms with Crippen LogP contribution in [0.3, 0.4) is 0 Å². The molecule has 11 heteroatoms. The van der Waals surface area contributed by atoms with Gasteiger partial charge in [0.15, 0.2) is 0 Å². The van der Waals surface area contributed by atoms with E-state index in [1.54, 1.807) is 0 Å². The van der Waals surface area contributed by atoms with Crippen LogP contribution in [0.25, 0.3) is 0 Å². The highest BCUT2D eigenvalue weighted by Gasteiger charge is 2.30. The molecule has 0 spiro atoms. The summed E-state index contributed by atoms with van der Waals surface area (Å²) >= 11 is 0. The summed E-state index contributed by atoms with van der Waals surface area (Å²) in [6.45, 7) is 3.51. The van der Waals surface area contributed by atoms with Crippen LogP contribution in [-0.2, 0) is 0 Å². The molecule has 1 heterocycles. The zero-order chi connectivity index (χ0) is 19.0. The number of nitrogens with zero attached hydrogens (tertiary/aromatic N) is 3. The van der Waals surface area contributed by atoms with Gasteiger partial charge in [-0.25, -0.2) is 0 Å². The number of aromatic hydroxyl groups is 1. The maximum absolute atomic E-state index is 10.4. The van der Waals surface area contributed by atoms with Crippen molar-refractivity contribution >= 4 is 17.1 Å². The number of nitro groups is 3. The minimum Gasteiger partial charge on any atom is -0.497 e. The summed E-state index contributed by atoms with van der Waals surface area (Å²) < 4.78 is 0. The van der Waals surface area contributed by atoms with E-state index < -0.39 is 37.6 Å². The lowest BCUT2D eigenvalue weighted by atomic mass is 10.0. The minimum absolute atomic E-state index is 0.447. The number of benzene rings is 1. The second kappa shape index (κ2) is 9.47.